The van der Waals surface area contributed by atoms with Crippen LogP contribution in [0.4, 0.5) is 5.69 Å². The fourth-order valence-electron chi connectivity index (χ4n) is 4.39. The zero-order chi connectivity index (χ0) is 21.8. The van der Waals surface area contributed by atoms with Gasteiger partial charge in [0.05, 0.1) is 40.8 Å². The van der Waals surface area contributed by atoms with Gasteiger partial charge in [0, 0.05) is 21.0 Å². The van der Waals surface area contributed by atoms with Gasteiger partial charge in [-0.25, -0.2) is 0 Å². The molecule has 2 aliphatic rings. The van der Waals surface area contributed by atoms with E-state index in [0.717, 1.165) is 33.2 Å². The Morgan fingerprint density at radius 2 is 1.97 bits per heavy atom. The van der Waals surface area contributed by atoms with Crippen molar-refractivity contribution in [1.29, 1.82) is 0 Å². The first kappa shape index (κ1) is 19.6. The molecule has 1 aromatic heterocycles. The van der Waals surface area contributed by atoms with Crippen LogP contribution in [0.15, 0.2) is 86.0 Å². The van der Waals surface area contributed by atoms with Crippen molar-refractivity contribution in [3.63, 3.8) is 0 Å². The normalized spacial score (nSPS) is 19.2. The van der Waals surface area contributed by atoms with E-state index in [4.69, 9.17) is 25.7 Å². The van der Waals surface area contributed by atoms with Crippen LogP contribution in [-0.2, 0) is 0 Å². The zero-order valence-corrected chi connectivity index (χ0v) is 18.7. The van der Waals surface area contributed by atoms with E-state index < -0.39 is 0 Å². The highest BCUT2D eigenvalue weighted by molar-refractivity contribution is 7.99. The lowest BCUT2D eigenvalue weighted by atomic mass is 9.88. The average molecular weight is 460 g/mol. The molecule has 2 aliphatic heterocycles. The van der Waals surface area contributed by atoms with Crippen LogP contribution in [0.5, 0.6) is 5.75 Å². The van der Waals surface area contributed by atoms with E-state index in [1.54, 1.807) is 18.0 Å². The molecule has 158 valence electrons. The van der Waals surface area contributed by atoms with Crippen LogP contribution in [0.3, 0.4) is 0 Å². The van der Waals surface area contributed by atoms with Gasteiger partial charge in [0.15, 0.2) is 5.43 Å². The molecule has 6 heteroatoms. The number of rotatable bonds is 1. The summed E-state index contributed by atoms with van der Waals surface area (Å²) in [7, 11) is 0. The van der Waals surface area contributed by atoms with Crippen LogP contribution in [0, 0.1) is 12.8 Å². The number of thioether (sulfide) groups is 1. The number of ether oxygens (including phenoxy) is 1. The SMILES string of the molecule is Cc1ccc2occ([C@@H]3Sc4ccccc4N=C4c5cc(Cl)ccc5OC[C@@H]43)c(=O)c2c1. The van der Waals surface area contributed by atoms with Gasteiger partial charge in [-0.05, 0) is 49.4 Å². The number of fused-ring (bicyclic) bond motifs is 5. The van der Waals surface area contributed by atoms with Gasteiger partial charge in [0.2, 0.25) is 0 Å². The maximum atomic E-state index is 13.6. The Labute approximate surface area is 193 Å². The van der Waals surface area contributed by atoms with Gasteiger partial charge in [-0.2, -0.15) is 0 Å². The molecule has 2 atom stereocenters. The Morgan fingerprint density at radius 1 is 1.09 bits per heavy atom. The molecule has 0 unspecified atom stereocenters. The molecule has 0 saturated carbocycles. The maximum Gasteiger partial charge on any atom is 0.197 e. The van der Waals surface area contributed by atoms with Crippen LogP contribution in [0.1, 0.15) is 21.9 Å². The number of aryl methyl sites for hydroxylation is 1. The Bertz CT molecular complexity index is 1480. The minimum atomic E-state index is -0.217. The second-order valence-corrected chi connectivity index (χ2v) is 9.70. The first-order chi connectivity index (χ1) is 15.6. The largest absolute Gasteiger partial charge is 0.492 e. The van der Waals surface area contributed by atoms with Crippen molar-refractivity contribution in [2.24, 2.45) is 10.9 Å². The number of para-hydroxylation sites is 1. The summed E-state index contributed by atoms with van der Waals surface area (Å²) in [6, 6.07) is 19.3. The Hall–Kier alpha value is -3.02. The van der Waals surface area contributed by atoms with E-state index >= 15 is 0 Å². The van der Waals surface area contributed by atoms with Crippen LogP contribution >= 0.6 is 23.4 Å². The molecule has 3 aromatic carbocycles. The molecule has 0 bridgehead atoms. The fraction of sp³-hybridized carbons (Fsp3) is 0.154. The topological polar surface area (TPSA) is 51.8 Å². The molecule has 0 N–H and O–H groups in total. The number of hydrogen-bond acceptors (Lipinski definition) is 5. The van der Waals surface area contributed by atoms with Gasteiger partial charge < -0.3 is 9.15 Å². The number of benzene rings is 3. The van der Waals surface area contributed by atoms with Crippen LogP contribution < -0.4 is 10.2 Å². The first-order valence-electron chi connectivity index (χ1n) is 10.4. The van der Waals surface area contributed by atoms with E-state index in [1.807, 2.05) is 67.6 Å². The molecule has 4 nitrogen and oxygen atoms in total. The predicted octanol–water partition coefficient (Wildman–Crippen LogP) is 6.73. The van der Waals surface area contributed by atoms with Gasteiger partial charge in [-0.15, -0.1) is 11.8 Å². The maximum absolute atomic E-state index is 13.6. The van der Waals surface area contributed by atoms with Gasteiger partial charge in [-0.3, -0.25) is 9.79 Å². The van der Waals surface area contributed by atoms with Crippen molar-refractivity contribution in [2.45, 2.75) is 17.1 Å². The van der Waals surface area contributed by atoms with E-state index in [-0.39, 0.29) is 16.6 Å². The van der Waals surface area contributed by atoms with Crippen molar-refractivity contribution in [3.05, 3.63) is 98.9 Å². The second kappa shape index (κ2) is 7.54. The summed E-state index contributed by atoms with van der Waals surface area (Å²) in [5, 5.41) is 1.00. The van der Waals surface area contributed by atoms with Crippen molar-refractivity contribution < 1.29 is 9.15 Å². The summed E-state index contributed by atoms with van der Waals surface area (Å²) in [5.74, 6) is 0.622. The lowest BCUT2D eigenvalue weighted by molar-refractivity contribution is 0.271. The third kappa shape index (κ3) is 3.15. The summed E-state index contributed by atoms with van der Waals surface area (Å²) in [5.41, 5.74) is 4.87. The number of halogens is 1. The summed E-state index contributed by atoms with van der Waals surface area (Å²) in [6.45, 7) is 2.40. The summed E-state index contributed by atoms with van der Waals surface area (Å²) >= 11 is 7.96. The van der Waals surface area contributed by atoms with E-state index in [9.17, 15) is 4.79 Å². The summed E-state index contributed by atoms with van der Waals surface area (Å²) < 4.78 is 12.0. The zero-order valence-electron chi connectivity index (χ0n) is 17.2. The molecule has 0 amide bonds. The average Bonchev–Trinajstić information content (AvgIpc) is 2.97. The molecule has 6 rings (SSSR count). The highest BCUT2D eigenvalue weighted by Crippen LogP contribution is 2.50. The standard InChI is InChI=1S/C26H18ClNO3S/c1-14-6-8-22-17(10-14)25(29)19(13-31-22)26-18-12-30-21-9-7-15(27)11-16(21)24(18)28-20-4-2-3-5-23(20)32-26/h2-11,13,18,26H,12H2,1H3/t18-,26+/m0/s1. The first-order valence-corrected chi connectivity index (χ1v) is 11.6. The van der Waals surface area contributed by atoms with Crippen molar-refractivity contribution >= 4 is 45.7 Å². The van der Waals surface area contributed by atoms with E-state index in [2.05, 4.69) is 0 Å². The predicted molar refractivity (Wildman–Crippen MR) is 129 cm³/mol. The minimum absolute atomic E-state index is 0.0110. The highest BCUT2D eigenvalue weighted by atomic mass is 35.5. The molecule has 0 radical (unpaired) electrons. The van der Waals surface area contributed by atoms with Gasteiger partial charge in [-0.1, -0.05) is 35.4 Å². The smallest absolute Gasteiger partial charge is 0.197 e. The Balaban J connectivity index is 1.59. The minimum Gasteiger partial charge on any atom is -0.492 e. The third-order valence-electron chi connectivity index (χ3n) is 5.97. The fourth-order valence-corrected chi connectivity index (χ4v) is 5.89. The molecule has 0 aliphatic carbocycles. The summed E-state index contributed by atoms with van der Waals surface area (Å²) in [6.07, 6.45) is 1.61. The number of nitrogens with zero attached hydrogens (tertiary/aromatic N) is 1. The van der Waals surface area contributed by atoms with Gasteiger partial charge in [0.1, 0.15) is 11.3 Å². The molecule has 32 heavy (non-hydrogen) atoms. The van der Waals surface area contributed by atoms with Gasteiger partial charge >= 0.3 is 0 Å². The highest BCUT2D eigenvalue weighted by Gasteiger charge is 2.39. The second-order valence-electron chi connectivity index (χ2n) is 8.08. The molecule has 0 saturated heterocycles. The lowest BCUT2D eigenvalue weighted by Crippen LogP contribution is -2.33. The molecule has 0 fully saturated rings. The number of aliphatic imine (C=N–C) groups is 1. The van der Waals surface area contributed by atoms with Gasteiger partial charge in [0.25, 0.3) is 0 Å². The molecule has 3 heterocycles. The van der Waals surface area contributed by atoms with Crippen LogP contribution in [-0.4, -0.2) is 12.3 Å². The third-order valence-corrected chi connectivity index (χ3v) is 7.64. The quantitative estimate of drug-likeness (QED) is 0.316. The number of hydrogen-bond donors (Lipinski definition) is 0. The van der Waals surface area contributed by atoms with E-state index in [0.29, 0.717) is 28.2 Å². The Morgan fingerprint density at radius 3 is 2.88 bits per heavy atom. The molecule has 0 spiro atoms. The van der Waals surface area contributed by atoms with Crippen molar-refractivity contribution in [1.82, 2.24) is 0 Å². The van der Waals surface area contributed by atoms with Crippen LogP contribution in [0.25, 0.3) is 11.0 Å². The Kier molecular flexibility index (Phi) is 4.63. The molecular formula is C26H18ClNO3S. The molecule has 4 aromatic rings. The molecular weight excluding hydrogens is 442 g/mol. The monoisotopic (exact) mass is 459 g/mol. The lowest BCUT2D eigenvalue weighted by Gasteiger charge is -2.31. The van der Waals surface area contributed by atoms with E-state index in [1.165, 1.54) is 0 Å². The van der Waals surface area contributed by atoms with Crippen molar-refractivity contribution in [3.8, 4) is 5.75 Å². The summed E-state index contributed by atoms with van der Waals surface area (Å²) in [4.78, 5) is 19.7. The van der Waals surface area contributed by atoms with Crippen LogP contribution in [0.2, 0.25) is 5.02 Å². The van der Waals surface area contributed by atoms with Crippen molar-refractivity contribution in [2.75, 3.05) is 6.61 Å².